The molecule has 0 saturated carbocycles. The predicted octanol–water partition coefficient (Wildman–Crippen LogP) is 2.29. The van der Waals surface area contributed by atoms with E-state index in [9.17, 15) is 0 Å². The molecule has 0 aliphatic rings. The SMILES string of the molecule is C=CCCNC(C)CCSC. The van der Waals surface area contributed by atoms with Gasteiger partial charge in [-0.3, -0.25) is 0 Å². The van der Waals surface area contributed by atoms with E-state index in [-0.39, 0.29) is 0 Å². The van der Waals surface area contributed by atoms with Crippen LogP contribution in [0.3, 0.4) is 0 Å². The molecule has 1 nitrogen and oxygen atoms in total. The van der Waals surface area contributed by atoms with Crippen LogP contribution in [0.5, 0.6) is 0 Å². The fourth-order valence-corrected chi connectivity index (χ4v) is 1.42. The molecule has 1 N–H and O–H groups in total. The maximum atomic E-state index is 3.68. The van der Waals surface area contributed by atoms with Crippen LogP contribution in [0.4, 0.5) is 0 Å². The highest BCUT2D eigenvalue weighted by Crippen LogP contribution is 1.99. The van der Waals surface area contributed by atoms with Gasteiger partial charge in [0.15, 0.2) is 0 Å². The Labute approximate surface area is 74.6 Å². The molecule has 0 aromatic rings. The lowest BCUT2D eigenvalue weighted by Gasteiger charge is -2.11. The standard InChI is InChI=1S/C9H19NS/c1-4-5-7-10-9(2)6-8-11-3/h4,9-10H,1,5-8H2,2-3H3. The third-order valence-corrected chi connectivity index (χ3v) is 2.24. The van der Waals surface area contributed by atoms with Crippen molar-refractivity contribution in [3.05, 3.63) is 12.7 Å². The second-order valence-electron chi connectivity index (χ2n) is 2.71. The molecular formula is C9H19NS. The summed E-state index contributed by atoms with van der Waals surface area (Å²) in [5, 5.41) is 3.43. The summed E-state index contributed by atoms with van der Waals surface area (Å²) in [4.78, 5) is 0. The fraction of sp³-hybridized carbons (Fsp3) is 0.778. The van der Waals surface area contributed by atoms with Gasteiger partial charge in [0, 0.05) is 6.04 Å². The van der Waals surface area contributed by atoms with Crippen LogP contribution in [-0.2, 0) is 0 Å². The van der Waals surface area contributed by atoms with E-state index in [0.29, 0.717) is 6.04 Å². The first-order chi connectivity index (χ1) is 5.31. The molecule has 0 amide bonds. The van der Waals surface area contributed by atoms with Crippen molar-refractivity contribution in [3.8, 4) is 0 Å². The summed E-state index contributed by atoms with van der Waals surface area (Å²) in [6, 6.07) is 0.655. The van der Waals surface area contributed by atoms with Gasteiger partial charge in [-0.25, -0.2) is 0 Å². The van der Waals surface area contributed by atoms with Crippen molar-refractivity contribution in [2.45, 2.75) is 25.8 Å². The Morgan fingerprint density at radius 2 is 2.36 bits per heavy atom. The monoisotopic (exact) mass is 173 g/mol. The summed E-state index contributed by atoms with van der Waals surface area (Å²) in [6.07, 6.45) is 6.44. The van der Waals surface area contributed by atoms with Crippen LogP contribution in [-0.4, -0.2) is 24.6 Å². The Morgan fingerprint density at radius 1 is 1.64 bits per heavy atom. The lowest BCUT2D eigenvalue weighted by Crippen LogP contribution is -2.27. The van der Waals surface area contributed by atoms with Crippen molar-refractivity contribution in [2.75, 3.05) is 18.6 Å². The molecule has 11 heavy (non-hydrogen) atoms. The zero-order chi connectivity index (χ0) is 8.53. The van der Waals surface area contributed by atoms with Crippen LogP contribution >= 0.6 is 11.8 Å². The molecule has 1 unspecified atom stereocenters. The lowest BCUT2D eigenvalue weighted by molar-refractivity contribution is 0.544. The molecule has 0 rings (SSSR count). The number of thioether (sulfide) groups is 1. The molecule has 0 bridgehead atoms. The van der Waals surface area contributed by atoms with Crippen LogP contribution < -0.4 is 5.32 Å². The number of rotatable bonds is 7. The molecule has 2 heteroatoms. The second kappa shape index (κ2) is 8.15. The molecule has 0 spiro atoms. The van der Waals surface area contributed by atoms with Gasteiger partial charge in [0.05, 0.1) is 0 Å². The zero-order valence-electron chi connectivity index (χ0n) is 7.60. The third-order valence-electron chi connectivity index (χ3n) is 1.60. The first-order valence-electron chi connectivity index (χ1n) is 4.14. The van der Waals surface area contributed by atoms with Gasteiger partial charge in [0.2, 0.25) is 0 Å². The van der Waals surface area contributed by atoms with Crippen LogP contribution in [0.1, 0.15) is 19.8 Å². The van der Waals surface area contributed by atoms with Gasteiger partial charge in [0.1, 0.15) is 0 Å². The zero-order valence-corrected chi connectivity index (χ0v) is 8.41. The molecule has 0 aromatic carbocycles. The fourth-order valence-electron chi connectivity index (χ4n) is 0.828. The highest BCUT2D eigenvalue weighted by Gasteiger charge is 1.97. The molecule has 66 valence electrons. The summed E-state index contributed by atoms with van der Waals surface area (Å²) in [7, 11) is 0. The molecule has 0 aliphatic carbocycles. The lowest BCUT2D eigenvalue weighted by atomic mass is 10.2. The Morgan fingerprint density at radius 3 is 2.91 bits per heavy atom. The molecule has 0 saturated heterocycles. The van der Waals surface area contributed by atoms with Gasteiger partial charge in [-0.2, -0.15) is 11.8 Å². The molecule has 0 heterocycles. The summed E-state index contributed by atoms with van der Waals surface area (Å²) in [5.41, 5.74) is 0. The Kier molecular flexibility index (Phi) is 8.19. The predicted molar refractivity (Wildman–Crippen MR) is 55.3 cm³/mol. The van der Waals surface area contributed by atoms with Crippen molar-refractivity contribution in [3.63, 3.8) is 0 Å². The van der Waals surface area contributed by atoms with Crippen molar-refractivity contribution >= 4 is 11.8 Å². The normalized spacial score (nSPS) is 12.9. The molecule has 0 aromatic heterocycles. The first-order valence-corrected chi connectivity index (χ1v) is 5.54. The molecule has 0 radical (unpaired) electrons. The van der Waals surface area contributed by atoms with Gasteiger partial charge in [-0.1, -0.05) is 6.08 Å². The minimum Gasteiger partial charge on any atom is -0.314 e. The van der Waals surface area contributed by atoms with Crippen molar-refractivity contribution in [1.29, 1.82) is 0 Å². The summed E-state index contributed by atoms with van der Waals surface area (Å²) >= 11 is 1.91. The Hall–Kier alpha value is 0.0500. The van der Waals surface area contributed by atoms with Crippen LogP contribution in [0.25, 0.3) is 0 Å². The van der Waals surface area contributed by atoms with Crippen LogP contribution in [0, 0.1) is 0 Å². The van der Waals surface area contributed by atoms with E-state index < -0.39 is 0 Å². The third kappa shape index (κ3) is 7.95. The van der Waals surface area contributed by atoms with E-state index in [1.54, 1.807) is 0 Å². The molecule has 1 atom stereocenters. The van der Waals surface area contributed by atoms with Gasteiger partial charge in [0.25, 0.3) is 0 Å². The van der Waals surface area contributed by atoms with Crippen LogP contribution in [0.15, 0.2) is 12.7 Å². The molecule has 0 fully saturated rings. The smallest absolute Gasteiger partial charge is 0.00467 e. The minimum atomic E-state index is 0.655. The van der Waals surface area contributed by atoms with Crippen molar-refractivity contribution in [1.82, 2.24) is 5.32 Å². The maximum absolute atomic E-state index is 3.68. The highest BCUT2D eigenvalue weighted by molar-refractivity contribution is 7.98. The average molecular weight is 173 g/mol. The number of nitrogens with one attached hydrogen (secondary N) is 1. The van der Waals surface area contributed by atoms with Crippen molar-refractivity contribution in [2.24, 2.45) is 0 Å². The first kappa shape index (κ1) is 11.1. The minimum absolute atomic E-state index is 0.655. The summed E-state index contributed by atoms with van der Waals surface area (Å²) < 4.78 is 0. The number of hydrogen-bond acceptors (Lipinski definition) is 2. The van der Waals surface area contributed by atoms with E-state index in [1.165, 1.54) is 12.2 Å². The van der Waals surface area contributed by atoms with Gasteiger partial charge in [-0.15, -0.1) is 6.58 Å². The summed E-state index contributed by atoms with van der Waals surface area (Å²) in [6.45, 7) is 6.98. The topological polar surface area (TPSA) is 12.0 Å². The van der Waals surface area contributed by atoms with E-state index in [1.807, 2.05) is 17.8 Å². The van der Waals surface area contributed by atoms with Crippen molar-refractivity contribution < 1.29 is 0 Å². The Bertz CT molecular complexity index is 93.6. The van der Waals surface area contributed by atoms with E-state index in [4.69, 9.17) is 0 Å². The maximum Gasteiger partial charge on any atom is 0.00467 e. The quantitative estimate of drug-likeness (QED) is 0.468. The van der Waals surface area contributed by atoms with E-state index >= 15 is 0 Å². The molecule has 0 aliphatic heterocycles. The van der Waals surface area contributed by atoms with E-state index in [2.05, 4.69) is 25.1 Å². The Balaban J connectivity index is 3.08. The highest BCUT2D eigenvalue weighted by atomic mass is 32.2. The van der Waals surface area contributed by atoms with Gasteiger partial charge in [-0.05, 0) is 38.3 Å². The summed E-state index contributed by atoms with van der Waals surface area (Å²) in [5.74, 6) is 1.25. The second-order valence-corrected chi connectivity index (χ2v) is 3.70. The largest absolute Gasteiger partial charge is 0.314 e. The van der Waals surface area contributed by atoms with E-state index in [0.717, 1.165) is 13.0 Å². The number of hydrogen-bond donors (Lipinski definition) is 1. The molecular weight excluding hydrogens is 154 g/mol. The van der Waals surface area contributed by atoms with Gasteiger partial charge >= 0.3 is 0 Å². The average Bonchev–Trinajstić information content (AvgIpc) is 2.01. The van der Waals surface area contributed by atoms with Crippen LogP contribution in [0.2, 0.25) is 0 Å². The van der Waals surface area contributed by atoms with Gasteiger partial charge < -0.3 is 5.32 Å².